The van der Waals surface area contributed by atoms with Gasteiger partial charge >= 0.3 is 10.2 Å². The van der Waals surface area contributed by atoms with Gasteiger partial charge in [0, 0.05) is 26.4 Å². The highest BCUT2D eigenvalue weighted by Crippen LogP contribution is 2.45. The molecule has 2 unspecified atom stereocenters. The largest absolute Gasteiger partial charge is 0.341 e. The summed E-state index contributed by atoms with van der Waals surface area (Å²) in [5.41, 5.74) is -1.15. The van der Waals surface area contributed by atoms with E-state index in [0.29, 0.717) is 6.42 Å². The van der Waals surface area contributed by atoms with E-state index in [1.54, 1.807) is 6.92 Å². The van der Waals surface area contributed by atoms with Gasteiger partial charge in [-0.15, -0.1) is 0 Å². The van der Waals surface area contributed by atoms with Crippen LogP contribution in [0.25, 0.3) is 0 Å². The summed E-state index contributed by atoms with van der Waals surface area (Å²) in [4.78, 5) is 23.9. The summed E-state index contributed by atoms with van der Waals surface area (Å²) < 4.78 is 26.4. The van der Waals surface area contributed by atoms with E-state index in [-0.39, 0.29) is 18.2 Å². The number of hydrogen-bond acceptors (Lipinski definition) is 4. The van der Waals surface area contributed by atoms with Gasteiger partial charge in [0.25, 0.3) is 5.91 Å². The van der Waals surface area contributed by atoms with Crippen LogP contribution in [0.3, 0.4) is 0 Å². The number of carbonyl (C=O) groups excluding carboxylic acids is 2. The van der Waals surface area contributed by atoms with Crippen LogP contribution in [-0.2, 0) is 19.8 Å². The summed E-state index contributed by atoms with van der Waals surface area (Å²) >= 11 is 0. The lowest BCUT2D eigenvalue weighted by Gasteiger charge is -2.20. The minimum Gasteiger partial charge on any atom is -0.341 e. The fourth-order valence-corrected chi connectivity index (χ4v) is 2.52. The molecule has 8 heteroatoms. The molecule has 0 bridgehead atoms. The van der Waals surface area contributed by atoms with E-state index in [1.807, 2.05) is 23.8 Å². The summed E-state index contributed by atoms with van der Waals surface area (Å²) in [7, 11) is -1.21. The number of nitrogens with one attached hydrogen (secondary N) is 2. The molecule has 0 aliphatic heterocycles. The summed E-state index contributed by atoms with van der Waals surface area (Å²) in [5, 5.41) is 2.65. The molecule has 0 aromatic carbocycles. The number of nitrogens with zero attached hydrogens (tertiary/aromatic N) is 1. The molecule has 1 aliphatic carbocycles. The van der Waals surface area contributed by atoms with Gasteiger partial charge in [-0.1, -0.05) is 26.0 Å². The van der Waals surface area contributed by atoms with Gasteiger partial charge in [-0.25, -0.2) is 4.72 Å². The van der Waals surface area contributed by atoms with Crippen LogP contribution in [0.4, 0.5) is 0 Å². The highest BCUT2D eigenvalue weighted by atomic mass is 32.2. The standard InChI is InChI=1S/C13H23N3O4S/c1-5-7-8-10-9-13(10,14-11(17)6-2)12(18)15-21(19,20)16(3)4/h7-8,10H,5-6,9H2,1-4H3,(H,14,17)(H,15,18). The lowest BCUT2D eigenvalue weighted by atomic mass is 10.1. The molecule has 2 N–H and O–H groups in total. The molecule has 0 spiro atoms. The summed E-state index contributed by atoms with van der Waals surface area (Å²) in [6.07, 6.45) is 5.20. The Morgan fingerprint density at radius 2 is 1.95 bits per heavy atom. The lowest BCUT2D eigenvalue weighted by molar-refractivity contribution is -0.129. The Morgan fingerprint density at radius 1 is 1.33 bits per heavy atom. The fourth-order valence-electron chi connectivity index (χ4n) is 1.92. The Labute approximate surface area is 126 Å². The maximum absolute atomic E-state index is 12.3. The number of hydrogen-bond donors (Lipinski definition) is 2. The predicted molar refractivity (Wildman–Crippen MR) is 79.5 cm³/mol. The Morgan fingerprint density at radius 3 is 2.43 bits per heavy atom. The summed E-state index contributed by atoms with van der Waals surface area (Å²) in [6.45, 7) is 3.64. The van der Waals surface area contributed by atoms with Gasteiger partial charge in [-0.3, -0.25) is 9.59 Å². The highest BCUT2D eigenvalue weighted by molar-refractivity contribution is 7.87. The first-order valence-corrected chi connectivity index (χ1v) is 8.36. The normalized spacial score (nSPS) is 25.1. The second-order valence-electron chi connectivity index (χ2n) is 5.24. The molecular weight excluding hydrogens is 294 g/mol. The molecule has 21 heavy (non-hydrogen) atoms. The van der Waals surface area contributed by atoms with Gasteiger partial charge in [-0.05, 0) is 12.8 Å². The van der Waals surface area contributed by atoms with E-state index in [9.17, 15) is 18.0 Å². The number of carbonyl (C=O) groups is 2. The van der Waals surface area contributed by atoms with Gasteiger partial charge in [0.2, 0.25) is 5.91 Å². The molecule has 1 rings (SSSR count). The third kappa shape index (κ3) is 4.04. The van der Waals surface area contributed by atoms with Gasteiger partial charge < -0.3 is 5.32 Å². The Balaban J connectivity index is 2.92. The Hall–Kier alpha value is -1.41. The molecule has 1 saturated carbocycles. The van der Waals surface area contributed by atoms with Crippen LogP contribution in [0.5, 0.6) is 0 Å². The van der Waals surface area contributed by atoms with Crippen LogP contribution in [0.2, 0.25) is 0 Å². The van der Waals surface area contributed by atoms with Gasteiger partial charge in [-0.2, -0.15) is 12.7 Å². The minimum absolute atomic E-state index is 0.176. The van der Waals surface area contributed by atoms with Crippen molar-refractivity contribution < 1.29 is 18.0 Å². The zero-order valence-corrected chi connectivity index (χ0v) is 13.7. The number of rotatable bonds is 7. The Bertz CT molecular complexity index is 542. The van der Waals surface area contributed by atoms with Crippen LogP contribution in [0.15, 0.2) is 12.2 Å². The van der Waals surface area contributed by atoms with Crippen molar-refractivity contribution in [3.8, 4) is 0 Å². The van der Waals surface area contributed by atoms with Gasteiger partial charge in [0.15, 0.2) is 0 Å². The van der Waals surface area contributed by atoms with Crippen molar-refractivity contribution in [1.82, 2.24) is 14.3 Å². The Kier molecular flexibility index (Phi) is 5.52. The second kappa shape index (κ2) is 6.57. The molecule has 1 fully saturated rings. The van der Waals surface area contributed by atoms with Crippen molar-refractivity contribution in [3.63, 3.8) is 0 Å². The molecule has 1 aliphatic rings. The van der Waals surface area contributed by atoms with Crippen LogP contribution < -0.4 is 10.0 Å². The van der Waals surface area contributed by atoms with Crippen LogP contribution in [-0.4, -0.2) is 44.2 Å². The molecule has 7 nitrogen and oxygen atoms in total. The smallest absolute Gasteiger partial charge is 0.303 e. The van der Waals surface area contributed by atoms with E-state index in [4.69, 9.17) is 0 Å². The van der Waals surface area contributed by atoms with Crippen molar-refractivity contribution >= 4 is 22.0 Å². The van der Waals surface area contributed by atoms with E-state index >= 15 is 0 Å². The van der Waals surface area contributed by atoms with Gasteiger partial charge in [0.1, 0.15) is 5.54 Å². The molecule has 0 radical (unpaired) electrons. The first kappa shape index (κ1) is 17.6. The molecule has 2 atom stereocenters. The summed E-state index contributed by atoms with van der Waals surface area (Å²) in [6, 6.07) is 0. The van der Waals surface area contributed by atoms with Crippen molar-refractivity contribution in [1.29, 1.82) is 0 Å². The average molecular weight is 317 g/mol. The first-order valence-electron chi connectivity index (χ1n) is 6.92. The first-order chi connectivity index (χ1) is 9.69. The second-order valence-corrected chi connectivity index (χ2v) is 7.12. The monoisotopic (exact) mass is 317 g/mol. The SMILES string of the molecule is CCC=CC1CC1(NC(=O)CC)C(=O)NS(=O)(=O)N(C)C. The van der Waals surface area contributed by atoms with E-state index in [0.717, 1.165) is 10.7 Å². The lowest BCUT2D eigenvalue weighted by Crippen LogP contribution is -2.53. The van der Waals surface area contributed by atoms with Crippen molar-refractivity contribution in [3.05, 3.63) is 12.2 Å². The molecule has 120 valence electrons. The molecule has 0 aromatic heterocycles. The maximum atomic E-state index is 12.3. The van der Waals surface area contributed by atoms with Crippen molar-refractivity contribution in [2.45, 2.75) is 38.6 Å². The zero-order chi connectivity index (χ0) is 16.3. The number of amides is 2. The molecule has 0 heterocycles. The third-order valence-corrected chi connectivity index (χ3v) is 4.81. The predicted octanol–water partition coefficient (Wildman–Crippen LogP) is 0.160. The highest BCUT2D eigenvalue weighted by Gasteiger charge is 2.60. The molecular formula is C13H23N3O4S. The fraction of sp³-hybridized carbons (Fsp3) is 0.692. The molecule has 2 amide bonds. The van der Waals surface area contributed by atoms with Crippen molar-refractivity contribution in [2.24, 2.45) is 5.92 Å². The zero-order valence-electron chi connectivity index (χ0n) is 12.8. The average Bonchev–Trinajstić information content (AvgIpc) is 3.10. The number of allylic oxidation sites excluding steroid dienone is 1. The molecule has 0 aromatic rings. The van der Waals surface area contributed by atoms with Crippen LogP contribution >= 0.6 is 0 Å². The maximum Gasteiger partial charge on any atom is 0.303 e. The van der Waals surface area contributed by atoms with Crippen LogP contribution in [0, 0.1) is 5.92 Å². The van der Waals surface area contributed by atoms with E-state index in [1.165, 1.54) is 14.1 Å². The third-order valence-electron chi connectivity index (χ3n) is 3.41. The van der Waals surface area contributed by atoms with E-state index < -0.39 is 21.7 Å². The van der Waals surface area contributed by atoms with E-state index in [2.05, 4.69) is 5.32 Å². The molecule has 0 saturated heterocycles. The minimum atomic E-state index is -3.87. The van der Waals surface area contributed by atoms with Crippen LogP contribution in [0.1, 0.15) is 33.1 Å². The van der Waals surface area contributed by atoms with Crippen molar-refractivity contribution in [2.75, 3.05) is 14.1 Å². The quantitative estimate of drug-likeness (QED) is 0.654. The topological polar surface area (TPSA) is 95.6 Å². The van der Waals surface area contributed by atoms with Gasteiger partial charge in [0.05, 0.1) is 0 Å². The summed E-state index contributed by atoms with van der Waals surface area (Å²) in [5.74, 6) is -1.14.